The Labute approximate surface area is 115 Å². The highest BCUT2D eigenvalue weighted by Crippen LogP contribution is 1.94. The molecule has 7 heteroatoms. The van der Waals surface area contributed by atoms with Crippen molar-refractivity contribution in [1.29, 1.82) is 0 Å². The molecule has 3 N–H and O–H groups in total. The maximum Gasteiger partial charge on any atom is 0.250 e. The third-order valence-electron chi connectivity index (χ3n) is 2.25. The summed E-state index contributed by atoms with van der Waals surface area (Å²) in [6.07, 6.45) is 0.800. The zero-order chi connectivity index (χ0) is 10.9. The number of nitrogens with one attached hydrogen (secondary N) is 3. The predicted molar refractivity (Wildman–Crippen MR) is 73.3 cm³/mol. The molecule has 1 aliphatic rings. The average Bonchev–Trinajstić information content (AvgIpc) is 2.30. The van der Waals surface area contributed by atoms with Gasteiger partial charge in [-0.1, -0.05) is 6.92 Å². The van der Waals surface area contributed by atoms with E-state index in [9.17, 15) is 4.79 Å². The minimum atomic E-state index is -0.315. The first-order valence-corrected chi connectivity index (χ1v) is 5.65. The summed E-state index contributed by atoms with van der Waals surface area (Å²) < 4.78 is 5.32. The summed E-state index contributed by atoms with van der Waals surface area (Å²) in [5.41, 5.74) is 0. The molecule has 1 rings (SSSR count). The van der Waals surface area contributed by atoms with Gasteiger partial charge in [0, 0.05) is 26.2 Å². The van der Waals surface area contributed by atoms with Crippen LogP contribution in [0.15, 0.2) is 0 Å². The zero-order valence-corrected chi connectivity index (χ0v) is 11.8. The van der Waals surface area contributed by atoms with Crippen molar-refractivity contribution in [1.82, 2.24) is 16.0 Å². The average molecular weight is 288 g/mol. The van der Waals surface area contributed by atoms with E-state index in [1.54, 1.807) is 0 Å². The predicted octanol–water partition coefficient (Wildman–Crippen LogP) is -0.0658. The number of morpholine rings is 1. The van der Waals surface area contributed by atoms with Gasteiger partial charge in [-0.2, -0.15) is 0 Å². The fourth-order valence-corrected chi connectivity index (χ4v) is 1.42. The van der Waals surface area contributed by atoms with Gasteiger partial charge in [-0.05, 0) is 13.0 Å². The van der Waals surface area contributed by atoms with Crippen molar-refractivity contribution in [3.05, 3.63) is 0 Å². The number of hydrogen-bond acceptors (Lipinski definition) is 4. The lowest BCUT2D eigenvalue weighted by molar-refractivity contribution is -0.134. The molecule has 1 atom stereocenters. The van der Waals surface area contributed by atoms with Crippen LogP contribution >= 0.6 is 24.8 Å². The quantitative estimate of drug-likeness (QED) is 0.599. The van der Waals surface area contributed by atoms with Crippen LogP contribution in [0.4, 0.5) is 0 Å². The Bertz CT molecular complexity index is 190. The van der Waals surface area contributed by atoms with E-state index in [2.05, 4.69) is 22.9 Å². The highest BCUT2D eigenvalue weighted by atomic mass is 35.5. The van der Waals surface area contributed by atoms with Gasteiger partial charge in [-0.25, -0.2) is 0 Å². The Morgan fingerprint density at radius 1 is 1.35 bits per heavy atom. The minimum absolute atomic E-state index is 0. The summed E-state index contributed by atoms with van der Waals surface area (Å²) >= 11 is 0. The van der Waals surface area contributed by atoms with E-state index in [1.165, 1.54) is 0 Å². The number of carbonyl (C=O) groups excluding carboxylic acids is 1. The van der Waals surface area contributed by atoms with Gasteiger partial charge in [0.2, 0.25) is 0 Å². The Morgan fingerprint density at radius 3 is 2.71 bits per heavy atom. The summed E-state index contributed by atoms with van der Waals surface area (Å²) in [4.78, 5) is 11.5. The third kappa shape index (κ3) is 8.63. The molecule has 0 aromatic carbocycles. The summed E-state index contributed by atoms with van der Waals surface area (Å²) in [7, 11) is 0. The fourth-order valence-electron chi connectivity index (χ4n) is 1.42. The van der Waals surface area contributed by atoms with Crippen LogP contribution in [0.3, 0.4) is 0 Å². The maximum absolute atomic E-state index is 11.5. The molecule has 1 saturated heterocycles. The lowest BCUT2D eigenvalue weighted by Crippen LogP contribution is -2.48. The van der Waals surface area contributed by atoms with E-state index in [0.29, 0.717) is 19.7 Å². The Morgan fingerprint density at radius 2 is 2.12 bits per heavy atom. The van der Waals surface area contributed by atoms with E-state index >= 15 is 0 Å². The second-order valence-corrected chi connectivity index (χ2v) is 3.60. The molecule has 0 radical (unpaired) electrons. The van der Waals surface area contributed by atoms with Gasteiger partial charge >= 0.3 is 0 Å². The van der Waals surface area contributed by atoms with Gasteiger partial charge in [0.15, 0.2) is 0 Å². The number of carbonyl (C=O) groups is 1. The number of hydrogen-bond donors (Lipinski definition) is 3. The Balaban J connectivity index is 0. The largest absolute Gasteiger partial charge is 0.366 e. The summed E-state index contributed by atoms with van der Waals surface area (Å²) in [6, 6.07) is 0. The van der Waals surface area contributed by atoms with Crippen LogP contribution < -0.4 is 16.0 Å². The van der Waals surface area contributed by atoms with E-state index in [1.807, 2.05) is 0 Å². The molecule has 1 aliphatic heterocycles. The van der Waals surface area contributed by atoms with Crippen LogP contribution in [0.5, 0.6) is 0 Å². The molecule has 17 heavy (non-hydrogen) atoms. The highest BCUT2D eigenvalue weighted by Gasteiger charge is 2.20. The van der Waals surface area contributed by atoms with Gasteiger partial charge in [0.1, 0.15) is 6.10 Å². The molecule has 104 valence electrons. The second-order valence-electron chi connectivity index (χ2n) is 3.60. The van der Waals surface area contributed by atoms with Crippen LogP contribution in [-0.4, -0.2) is 51.3 Å². The molecule has 0 aromatic rings. The molecule has 0 unspecified atom stereocenters. The van der Waals surface area contributed by atoms with E-state index in [0.717, 1.165) is 26.1 Å². The van der Waals surface area contributed by atoms with Crippen LogP contribution in [-0.2, 0) is 9.53 Å². The topological polar surface area (TPSA) is 62.4 Å². The van der Waals surface area contributed by atoms with Gasteiger partial charge in [-0.3, -0.25) is 4.79 Å². The van der Waals surface area contributed by atoms with Crippen LogP contribution in [0.2, 0.25) is 0 Å². The molecule has 0 bridgehead atoms. The van der Waals surface area contributed by atoms with Gasteiger partial charge in [-0.15, -0.1) is 24.8 Å². The normalized spacial score (nSPS) is 18.8. The van der Waals surface area contributed by atoms with E-state index in [4.69, 9.17) is 4.74 Å². The van der Waals surface area contributed by atoms with Crippen molar-refractivity contribution in [3.8, 4) is 0 Å². The van der Waals surface area contributed by atoms with E-state index in [-0.39, 0.29) is 36.8 Å². The summed E-state index contributed by atoms with van der Waals surface area (Å²) in [6.45, 7) is 6.67. The lowest BCUT2D eigenvalue weighted by atomic mass is 10.3. The van der Waals surface area contributed by atoms with Crippen molar-refractivity contribution < 1.29 is 9.53 Å². The Kier molecular flexibility index (Phi) is 14.0. The number of halogens is 2. The van der Waals surface area contributed by atoms with Crippen molar-refractivity contribution in [2.24, 2.45) is 0 Å². The first kappa shape index (κ1) is 19.3. The highest BCUT2D eigenvalue weighted by molar-refractivity contribution is 5.85. The number of amides is 1. The first-order chi connectivity index (χ1) is 7.34. The first-order valence-electron chi connectivity index (χ1n) is 5.65. The van der Waals surface area contributed by atoms with Crippen molar-refractivity contribution >= 4 is 30.7 Å². The summed E-state index contributed by atoms with van der Waals surface area (Å²) in [5, 5.41) is 9.19. The van der Waals surface area contributed by atoms with Gasteiger partial charge in [0.05, 0.1) is 6.61 Å². The minimum Gasteiger partial charge on any atom is -0.366 e. The molecule has 0 spiro atoms. The zero-order valence-electron chi connectivity index (χ0n) is 10.2. The standard InChI is InChI=1S/C10H21N3O2.2ClH/c1-2-3-11-4-5-13-10(14)9-8-12-6-7-15-9;;/h9,11-12H,2-8H2,1H3,(H,13,14);2*1H/t9-;;/m1../s1. The molecule has 1 heterocycles. The molecule has 0 aromatic heterocycles. The maximum atomic E-state index is 11.5. The van der Waals surface area contributed by atoms with Crippen LogP contribution in [0.1, 0.15) is 13.3 Å². The lowest BCUT2D eigenvalue weighted by Gasteiger charge is -2.22. The fraction of sp³-hybridized carbons (Fsp3) is 0.900. The second kappa shape index (κ2) is 12.4. The molecular formula is C10H23Cl2N3O2. The number of rotatable bonds is 6. The van der Waals surface area contributed by atoms with Gasteiger partial charge < -0.3 is 20.7 Å². The smallest absolute Gasteiger partial charge is 0.250 e. The van der Waals surface area contributed by atoms with E-state index < -0.39 is 0 Å². The van der Waals surface area contributed by atoms with Crippen LogP contribution in [0, 0.1) is 0 Å². The molecule has 5 nitrogen and oxygen atoms in total. The van der Waals surface area contributed by atoms with Crippen molar-refractivity contribution in [3.63, 3.8) is 0 Å². The number of ether oxygens (including phenoxy) is 1. The van der Waals surface area contributed by atoms with Crippen molar-refractivity contribution in [2.75, 3.05) is 39.3 Å². The molecule has 0 aliphatic carbocycles. The summed E-state index contributed by atoms with van der Waals surface area (Å²) in [5.74, 6) is -0.0134. The molecule has 1 amide bonds. The SMILES string of the molecule is CCCNCCNC(=O)[C@H]1CNCCO1.Cl.Cl. The molecule has 0 saturated carbocycles. The molecule has 1 fully saturated rings. The molecular weight excluding hydrogens is 265 g/mol. The van der Waals surface area contributed by atoms with Crippen molar-refractivity contribution in [2.45, 2.75) is 19.4 Å². The Hall–Kier alpha value is -0.0700. The van der Waals surface area contributed by atoms with Crippen LogP contribution in [0.25, 0.3) is 0 Å². The third-order valence-corrected chi connectivity index (χ3v) is 2.25. The monoisotopic (exact) mass is 287 g/mol. The van der Waals surface area contributed by atoms with Gasteiger partial charge in [0.25, 0.3) is 5.91 Å².